The normalized spacial score (nSPS) is 13.9. The Bertz CT molecular complexity index is 998. The van der Waals surface area contributed by atoms with E-state index in [2.05, 4.69) is 51.6 Å². The molecule has 0 saturated heterocycles. The Kier molecular flexibility index (Phi) is 5.42. The van der Waals surface area contributed by atoms with Gasteiger partial charge in [-0.2, -0.15) is 5.26 Å². The van der Waals surface area contributed by atoms with Gasteiger partial charge in [0.15, 0.2) is 0 Å². The van der Waals surface area contributed by atoms with Crippen LogP contribution < -0.4 is 0 Å². The monoisotopic (exact) mass is 357 g/mol. The zero-order chi connectivity index (χ0) is 19.6. The molecule has 2 heteroatoms. The Morgan fingerprint density at radius 2 is 1.85 bits per heavy atom. The predicted molar refractivity (Wildman–Crippen MR) is 110 cm³/mol. The van der Waals surface area contributed by atoms with E-state index < -0.39 is 0 Å². The summed E-state index contributed by atoms with van der Waals surface area (Å²) in [5, 5.41) is 9.96. The van der Waals surface area contributed by atoms with Crippen LogP contribution in [0.15, 0.2) is 65.8 Å². The van der Waals surface area contributed by atoms with Crippen LogP contribution in [-0.4, -0.2) is 0 Å². The molecule has 27 heavy (non-hydrogen) atoms. The molecule has 0 spiro atoms. The van der Waals surface area contributed by atoms with Crippen LogP contribution >= 0.6 is 0 Å². The number of benzene rings is 2. The summed E-state index contributed by atoms with van der Waals surface area (Å²) in [6.07, 6.45) is 2.48. The molecule has 2 aromatic carbocycles. The van der Waals surface area contributed by atoms with Crippen LogP contribution in [0.5, 0.6) is 0 Å². The number of allylic oxidation sites excluding steroid dienone is 5. The molecular formula is C25H24FN. The average molecular weight is 357 g/mol. The van der Waals surface area contributed by atoms with Gasteiger partial charge in [0.25, 0.3) is 0 Å². The second kappa shape index (κ2) is 7.76. The van der Waals surface area contributed by atoms with Crippen LogP contribution in [0.2, 0.25) is 0 Å². The highest BCUT2D eigenvalue weighted by atomic mass is 19.1. The summed E-state index contributed by atoms with van der Waals surface area (Å²) in [6.45, 7) is 10.5. The third-order valence-electron chi connectivity index (χ3n) is 5.26. The van der Waals surface area contributed by atoms with Gasteiger partial charge in [-0.25, -0.2) is 4.39 Å². The molecule has 0 atom stereocenters. The van der Waals surface area contributed by atoms with Crippen molar-refractivity contribution in [3.8, 4) is 6.07 Å². The van der Waals surface area contributed by atoms with Crippen molar-refractivity contribution in [3.63, 3.8) is 0 Å². The Balaban J connectivity index is 2.26. The lowest BCUT2D eigenvalue weighted by Gasteiger charge is -2.16. The predicted octanol–water partition coefficient (Wildman–Crippen LogP) is 6.80. The van der Waals surface area contributed by atoms with Crippen molar-refractivity contribution in [2.45, 2.75) is 40.0 Å². The van der Waals surface area contributed by atoms with Crippen LogP contribution in [-0.2, 0) is 6.42 Å². The molecule has 0 amide bonds. The molecular weight excluding hydrogens is 333 g/mol. The first kappa shape index (κ1) is 18.9. The lowest BCUT2D eigenvalue weighted by Crippen LogP contribution is -1.99. The Morgan fingerprint density at radius 3 is 2.44 bits per heavy atom. The third-order valence-corrected chi connectivity index (χ3v) is 5.26. The van der Waals surface area contributed by atoms with Gasteiger partial charge in [0.1, 0.15) is 11.9 Å². The Morgan fingerprint density at radius 1 is 1.15 bits per heavy atom. The van der Waals surface area contributed by atoms with Gasteiger partial charge >= 0.3 is 0 Å². The SMILES string of the molecule is C=C(CCC)/C(C#N)=C(\C1=C(C)c2c(C)cccc2C1)c1ccc(F)cc1. The molecule has 3 rings (SSSR count). The first-order valence-corrected chi connectivity index (χ1v) is 9.35. The fraction of sp³-hybridized carbons (Fsp3) is 0.240. The molecule has 136 valence electrons. The highest BCUT2D eigenvalue weighted by Crippen LogP contribution is 2.43. The van der Waals surface area contributed by atoms with E-state index in [-0.39, 0.29) is 5.82 Å². The van der Waals surface area contributed by atoms with E-state index in [1.54, 1.807) is 12.1 Å². The van der Waals surface area contributed by atoms with E-state index in [1.807, 2.05) is 0 Å². The van der Waals surface area contributed by atoms with E-state index in [4.69, 9.17) is 0 Å². The van der Waals surface area contributed by atoms with Gasteiger partial charge in [-0.15, -0.1) is 0 Å². The van der Waals surface area contributed by atoms with Crippen molar-refractivity contribution < 1.29 is 4.39 Å². The van der Waals surface area contributed by atoms with Gasteiger partial charge in [0.2, 0.25) is 0 Å². The summed E-state index contributed by atoms with van der Waals surface area (Å²) in [5.41, 5.74) is 9.33. The highest BCUT2D eigenvalue weighted by Gasteiger charge is 2.26. The third kappa shape index (κ3) is 3.51. The van der Waals surface area contributed by atoms with Crippen molar-refractivity contribution in [3.05, 3.63) is 93.8 Å². The molecule has 0 aromatic heterocycles. The number of aryl methyl sites for hydroxylation is 1. The van der Waals surface area contributed by atoms with Gasteiger partial charge in [0.05, 0.1) is 5.57 Å². The summed E-state index contributed by atoms with van der Waals surface area (Å²) < 4.78 is 13.5. The summed E-state index contributed by atoms with van der Waals surface area (Å²) in [4.78, 5) is 0. The summed E-state index contributed by atoms with van der Waals surface area (Å²) in [5.74, 6) is -0.278. The zero-order valence-corrected chi connectivity index (χ0v) is 16.2. The minimum atomic E-state index is -0.278. The minimum Gasteiger partial charge on any atom is -0.207 e. The second-order valence-electron chi connectivity index (χ2n) is 7.11. The van der Waals surface area contributed by atoms with Gasteiger partial charge < -0.3 is 0 Å². The quantitative estimate of drug-likeness (QED) is 0.426. The maximum absolute atomic E-state index is 13.5. The molecule has 1 aliphatic rings. The zero-order valence-electron chi connectivity index (χ0n) is 16.2. The van der Waals surface area contributed by atoms with Crippen LogP contribution in [0.3, 0.4) is 0 Å². The minimum absolute atomic E-state index is 0.278. The van der Waals surface area contributed by atoms with E-state index >= 15 is 0 Å². The number of nitriles is 1. The fourth-order valence-corrected chi connectivity index (χ4v) is 3.99. The molecule has 0 unspecified atom stereocenters. The van der Waals surface area contributed by atoms with Crippen molar-refractivity contribution in [1.82, 2.24) is 0 Å². The summed E-state index contributed by atoms with van der Waals surface area (Å²) in [7, 11) is 0. The molecule has 1 nitrogen and oxygen atoms in total. The molecule has 0 saturated carbocycles. The molecule has 0 radical (unpaired) electrons. The number of hydrogen-bond donors (Lipinski definition) is 0. The molecule has 2 aromatic rings. The number of hydrogen-bond acceptors (Lipinski definition) is 1. The van der Waals surface area contributed by atoms with Crippen molar-refractivity contribution in [2.75, 3.05) is 0 Å². The molecule has 0 heterocycles. The fourth-order valence-electron chi connectivity index (χ4n) is 3.99. The van der Waals surface area contributed by atoms with Crippen LogP contribution in [0.4, 0.5) is 4.39 Å². The molecule has 1 aliphatic carbocycles. The van der Waals surface area contributed by atoms with E-state index in [9.17, 15) is 9.65 Å². The molecule has 0 bridgehead atoms. The van der Waals surface area contributed by atoms with Gasteiger partial charge in [-0.3, -0.25) is 0 Å². The number of halogens is 1. The van der Waals surface area contributed by atoms with Crippen LogP contribution in [0.1, 0.15) is 48.9 Å². The number of rotatable bonds is 5. The van der Waals surface area contributed by atoms with Gasteiger partial charge in [-0.1, -0.05) is 50.3 Å². The van der Waals surface area contributed by atoms with E-state index in [1.165, 1.54) is 34.4 Å². The van der Waals surface area contributed by atoms with Crippen LogP contribution in [0, 0.1) is 24.1 Å². The Hall–Kier alpha value is -2.92. The Labute approximate surface area is 161 Å². The standard InChI is InChI=1S/C25H24FN/c1-5-7-16(2)23(15-27)25(19-10-12-21(26)13-11-19)22-14-20-9-6-8-17(3)24(20)18(22)4/h6,8-13H,2,5,7,14H2,1,3-4H3/b25-23-. The van der Waals surface area contributed by atoms with E-state index in [0.29, 0.717) is 5.57 Å². The van der Waals surface area contributed by atoms with Gasteiger partial charge in [0, 0.05) is 5.57 Å². The maximum Gasteiger partial charge on any atom is 0.123 e. The van der Waals surface area contributed by atoms with Crippen molar-refractivity contribution in [2.24, 2.45) is 0 Å². The number of fused-ring (bicyclic) bond motifs is 1. The maximum atomic E-state index is 13.5. The lowest BCUT2D eigenvalue weighted by atomic mass is 9.87. The van der Waals surface area contributed by atoms with Crippen molar-refractivity contribution in [1.29, 1.82) is 5.26 Å². The largest absolute Gasteiger partial charge is 0.207 e. The smallest absolute Gasteiger partial charge is 0.123 e. The first-order valence-electron chi connectivity index (χ1n) is 9.35. The van der Waals surface area contributed by atoms with Gasteiger partial charge in [-0.05, 0) is 77.8 Å². The summed E-state index contributed by atoms with van der Waals surface area (Å²) in [6, 6.07) is 15.2. The lowest BCUT2D eigenvalue weighted by molar-refractivity contribution is 0.627. The molecule has 0 N–H and O–H groups in total. The molecule has 0 fully saturated rings. The number of nitrogens with zero attached hydrogens (tertiary/aromatic N) is 1. The highest BCUT2D eigenvalue weighted by molar-refractivity contribution is 5.96. The topological polar surface area (TPSA) is 23.8 Å². The second-order valence-corrected chi connectivity index (χ2v) is 7.11. The molecule has 0 aliphatic heterocycles. The van der Waals surface area contributed by atoms with Crippen molar-refractivity contribution >= 4 is 11.1 Å². The summed E-state index contributed by atoms with van der Waals surface area (Å²) >= 11 is 0. The van der Waals surface area contributed by atoms with E-state index in [0.717, 1.165) is 41.5 Å². The first-order chi connectivity index (χ1) is 13.0. The average Bonchev–Trinajstić information content (AvgIpc) is 2.98. The van der Waals surface area contributed by atoms with Crippen LogP contribution in [0.25, 0.3) is 11.1 Å².